The summed E-state index contributed by atoms with van der Waals surface area (Å²) in [5.41, 5.74) is 2.41. The summed E-state index contributed by atoms with van der Waals surface area (Å²) in [5, 5.41) is 6.09. The minimum atomic E-state index is -0.744. The highest BCUT2D eigenvalue weighted by atomic mass is 79.9. The Morgan fingerprint density at radius 3 is 2.29 bits per heavy atom. The third-order valence-corrected chi connectivity index (χ3v) is 7.17. The van der Waals surface area contributed by atoms with Gasteiger partial charge in [0, 0.05) is 31.0 Å². The number of anilines is 1. The second kappa shape index (κ2) is 13.2. The second-order valence-corrected chi connectivity index (χ2v) is 11.9. The van der Waals surface area contributed by atoms with E-state index < -0.39 is 23.4 Å². The van der Waals surface area contributed by atoms with Gasteiger partial charge in [-0.2, -0.15) is 4.98 Å². The van der Waals surface area contributed by atoms with E-state index in [-0.39, 0.29) is 23.9 Å². The zero-order chi connectivity index (χ0) is 30.4. The van der Waals surface area contributed by atoms with Crippen molar-refractivity contribution in [3.05, 3.63) is 104 Å². The Bertz CT molecular complexity index is 1620. The molecule has 10 heteroatoms. The molecule has 0 saturated carbocycles. The number of benzene rings is 3. The second-order valence-electron chi connectivity index (χ2n) is 11.1. The lowest BCUT2D eigenvalue weighted by molar-refractivity contribution is -0.131. The van der Waals surface area contributed by atoms with Crippen LogP contribution in [0, 0.1) is 6.92 Å². The Morgan fingerprint density at radius 2 is 1.67 bits per heavy atom. The number of hydrogen-bond donors (Lipinski definition) is 2. The van der Waals surface area contributed by atoms with Gasteiger partial charge in [-0.25, -0.2) is 9.59 Å². The quantitative estimate of drug-likeness (QED) is 0.233. The van der Waals surface area contributed by atoms with Crippen molar-refractivity contribution >= 4 is 44.8 Å². The van der Waals surface area contributed by atoms with Crippen LogP contribution in [-0.4, -0.2) is 40.6 Å². The van der Waals surface area contributed by atoms with Crippen LogP contribution in [-0.2, 0) is 29.0 Å². The van der Waals surface area contributed by atoms with Crippen molar-refractivity contribution in [3.63, 3.8) is 0 Å². The smallest absolute Gasteiger partial charge is 0.407 e. The molecule has 2 N–H and O–H groups in total. The number of nitrogens with zero attached hydrogens (tertiary/aromatic N) is 2. The lowest BCUT2D eigenvalue weighted by atomic mass is 10.0. The lowest BCUT2D eigenvalue weighted by Gasteiger charge is -2.25. The molecule has 2 amide bonds. The fraction of sp³-hybridized carbons (Fsp3) is 0.312. The molecule has 42 heavy (non-hydrogen) atoms. The summed E-state index contributed by atoms with van der Waals surface area (Å²) in [6.07, 6.45) is -0.202. The van der Waals surface area contributed by atoms with Crippen LogP contribution in [0.25, 0.3) is 10.9 Å². The van der Waals surface area contributed by atoms with Gasteiger partial charge in [-0.1, -0.05) is 60.7 Å². The zero-order valence-corrected chi connectivity index (χ0v) is 25.9. The number of alkyl carbamates (subject to hydrolysis) is 1. The van der Waals surface area contributed by atoms with Crippen LogP contribution < -0.4 is 16.3 Å². The molecular formula is C32H35BrN4O5. The van der Waals surface area contributed by atoms with Gasteiger partial charge < -0.3 is 24.7 Å². The number of fused-ring (bicyclic) bond motifs is 1. The van der Waals surface area contributed by atoms with E-state index in [2.05, 4.69) is 31.5 Å². The Balaban J connectivity index is 1.61. The molecule has 0 aliphatic rings. The van der Waals surface area contributed by atoms with Crippen molar-refractivity contribution in [2.24, 2.45) is 0 Å². The molecule has 3 aromatic carbocycles. The molecule has 4 rings (SSSR count). The molecule has 0 unspecified atom stereocenters. The van der Waals surface area contributed by atoms with E-state index in [0.29, 0.717) is 34.1 Å². The van der Waals surface area contributed by atoms with Crippen molar-refractivity contribution in [2.45, 2.75) is 58.8 Å². The zero-order valence-electron chi connectivity index (χ0n) is 24.4. The molecule has 0 bridgehead atoms. The first kappa shape index (κ1) is 30.8. The van der Waals surface area contributed by atoms with Crippen LogP contribution in [0.1, 0.15) is 43.0 Å². The predicted molar refractivity (Wildman–Crippen MR) is 166 cm³/mol. The van der Waals surface area contributed by atoms with Gasteiger partial charge in [-0.3, -0.25) is 4.79 Å². The summed E-state index contributed by atoms with van der Waals surface area (Å²) >= 11 is 3.53. The highest BCUT2D eigenvalue weighted by Gasteiger charge is 2.25. The normalized spacial score (nSPS) is 12.0. The summed E-state index contributed by atoms with van der Waals surface area (Å²) in [4.78, 5) is 45.3. The molecule has 1 atom stereocenters. The summed E-state index contributed by atoms with van der Waals surface area (Å²) in [7, 11) is 1.74. The van der Waals surface area contributed by atoms with Crippen LogP contribution in [0.15, 0.2) is 80.4 Å². The molecule has 1 heterocycles. The van der Waals surface area contributed by atoms with Crippen molar-refractivity contribution < 1.29 is 18.7 Å². The minimum Gasteiger partial charge on any atom is -0.444 e. The highest BCUT2D eigenvalue weighted by Crippen LogP contribution is 2.28. The van der Waals surface area contributed by atoms with E-state index in [4.69, 9.17) is 9.15 Å². The van der Waals surface area contributed by atoms with Crippen molar-refractivity contribution in [3.8, 4) is 0 Å². The molecule has 0 aliphatic carbocycles. The number of amides is 2. The van der Waals surface area contributed by atoms with Gasteiger partial charge >= 0.3 is 11.7 Å². The van der Waals surface area contributed by atoms with E-state index in [1.807, 2.05) is 60.7 Å². The summed E-state index contributed by atoms with van der Waals surface area (Å²) in [6, 6.07) is 20.3. The number of ether oxygens (including phenoxy) is 1. The maximum absolute atomic E-state index is 13.6. The number of carbonyl (C=O) groups excluding carboxylic acids is 2. The van der Waals surface area contributed by atoms with Gasteiger partial charge in [0.05, 0.1) is 10.9 Å². The van der Waals surface area contributed by atoms with Crippen molar-refractivity contribution in [1.82, 2.24) is 15.2 Å². The predicted octanol–water partition coefficient (Wildman–Crippen LogP) is 5.97. The SMILES string of the molecule is Cc1c(CNC(=O)OC(C)(C)C)cc(Br)c2nc(N[C@@H](Cc3ccccc3)C(=O)N(C)Cc3ccccc3)oc(=O)c12. The van der Waals surface area contributed by atoms with Crippen LogP contribution in [0.5, 0.6) is 0 Å². The molecule has 9 nitrogen and oxygen atoms in total. The average Bonchev–Trinajstić information content (AvgIpc) is 2.93. The number of likely N-dealkylation sites (N-methyl/N-ethyl adjacent to an activating group) is 1. The number of carbonyl (C=O) groups is 2. The largest absolute Gasteiger partial charge is 0.444 e. The van der Waals surface area contributed by atoms with E-state index in [0.717, 1.165) is 11.1 Å². The van der Waals surface area contributed by atoms with Crippen molar-refractivity contribution in [2.75, 3.05) is 12.4 Å². The van der Waals surface area contributed by atoms with E-state index in [1.165, 1.54) is 0 Å². The molecule has 0 aliphatic heterocycles. The monoisotopic (exact) mass is 634 g/mol. The summed E-state index contributed by atoms with van der Waals surface area (Å²) in [6.45, 7) is 7.69. The van der Waals surface area contributed by atoms with Crippen LogP contribution in [0.2, 0.25) is 0 Å². The maximum Gasteiger partial charge on any atom is 0.407 e. The molecule has 0 spiro atoms. The molecule has 1 aromatic heterocycles. The van der Waals surface area contributed by atoms with E-state index in [1.54, 1.807) is 45.7 Å². The van der Waals surface area contributed by atoms with Gasteiger partial charge in [0.2, 0.25) is 5.91 Å². The minimum absolute atomic E-state index is 0.0605. The fourth-order valence-electron chi connectivity index (χ4n) is 4.54. The number of aromatic nitrogens is 1. The number of aryl methyl sites for hydroxylation is 1. The van der Waals surface area contributed by atoms with E-state index in [9.17, 15) is 14.4 Å². The Labute approximate surface area is 253 Å². The first-order chi connectivity index (χ1) is 19.9. The summed E-state index contributed by atoms with van der Waals surface area (Å²) in [5.74, 6) is -0.175. The molecular weight excluding hydrogens is 600 g/mol. The molecule has 220 valence electrons. The Morgan fingerprint density at radius 1 is 1.05 bits per heavy atom. The lowest BCUT2D eigenvalue weighted by Crippen LogP contribution is -2.42. The fourth-order valence-corrected chi connectivity index (χ4v) is 5.10. The molecule has 0 saturated heterocycles. The van der Waals surface area contributed by atoms with Crippen LogP contribution in [0.4, 0.5) is 10.8 Å². The van der Waals surface area contributed by atoms with Gasteiger partial charge in [0.1, 0.15) is 11.6 Å². The standard InChI is InChI=1S/C32H35BrN4O5/c1-20-23(18-34-31(40)42-32(2,3)4)17-24(33)27-26(20)29(39)41-30(36-27)35-25(16-21-12-8-6-9-13-21)28(38)37(5)19-22-14-10-7-11-15-22/h6-15,17,25H,16,18-19H2,1-5H3,(H,34,40)(H,35,36)/t25-/m0/s1. The molecule has 0 fully saturated rings. The third-order valence-electron chi connectivity index (χ3n) is 6.57. The number of nitrogens with one attached hydrogen (secondary N) is 2. The Hall–Kier alpha value is -4.18. The third kappa shape index (κ3) is 7.97. The molecule has 0 radical (unpaired) electrons. The summed E-state index contributed by atoms with van der Waals surface area (Å²) < 4.78 is 11.5. The molecule has 4 aromatic rings. The van der Waals surface area contributed by atoms with E-state index >= 15 is 0 Å². The topological polar surface area (TPSA) is 114 Å². The van der Waals surface area contributed by atoms with Gasteiger partial charge in [0.15, 0.2) is 0 Å². The Kier molecular flexibility index (Phi) is 9.67. The van der Waals surface area contributed by atoms with Gasteiger partial charge in [-0.05, 0) is 71.9 Å². The highest BCUT2D eigenvalue weighted by molar-refractivity contribution is 9.10. The number of rotatable bonds is 9. The van der Waals surface area contributed by atoms with Gasteiger partial charge in [-0.15, -0.1) is 0 Å². The van der Waals surface area contributed by atoms with Gasteiger partial charge in [0.25, 0.3) is 6.01 Å². The average molecular weight is 636 g/mol. The van der Waals surface area contributed by atoms with Crippen molar-refractivity contribution in [1.29, 1.82) is 0 Å². The first-order valence-corrected chi connectivity index (χ1v) is 14.4. The van der Waals surface area contributed by atoms with Crippen LogP contribution in [0.3, 0.4) is 0 Å². The number of hydrogen-bond acceptors (Lipinski definition) is 7. The first-order valence-electron chi connectivity index (χ1n) is 13.6. The number of halogens is 1. The van der Waals surface area contributed by atoms with Crippen LogP contribution >= 0.6 is 15.9 Å². The maximum atomic E-state index is 13.6.